The van der Waals surface area contributed by atoms with Gasteiger partial charge in [-0.05, 0) is 12.1 Å². The number of primary amides is 1. The van der Waals surface area contributed by atoms with Crippen LogP contribution < -0.4 is 10.6 Å². The molecule has 4 nitrogen and oxygen atoms in total. The summed E-state index contributed by atoms with van der Waals surface area (Å²) in [5, 5.41) is 0. The Hall–Kier alpha value is -1.26. The number of amides is 1. The molecule has 16 heavy (non-hydrogen) atoms. The minimum atomic E-state index is -0.378. The zero-order chi connectivity index (χ0) is 10.7. The average Bonchev–Trinajstić information content (AvgIpc) is 2.30. The molecule has 5 heteroatoms. The summed E-state index contributed by atoms with van der Waals surface area (Å²) in [4.78, 5) is 13.4. The Morgan fingerprint density at radius 1 is 1.25 bits per heavy atom. The zero-order valence-corrected chi connectivity index (χ0v) is 9.70. The van der Waals surface area contributed by atoms with Crippen molar-refractivity contribution in [1.29, 1.82) is 0 Å². The van der Waals surface area contributed by atoms with Gasteiger partial charge in [-0.25, -0.2) is 0 Å². The summed E-state index contributed by atoms with van der Waals surface area (Å²) in [6.07, 6.45) is 0. The number of halogens is 1. The Labute approximate surface area is 101 Å². The smallest absolute Gasteiger partial charge is 0.250 e. The van der Waals surface area contributed by atoms with Crippen molar-refractivity contribution in [3.05, 3.63) is 29.8 Å². The number of nitrogens with two attached hydrogens (primary N) is 1. The number of rotatable bonds is 2. The summed E-state index contributed by atoms with van der Waals surface area (Å²) < 4.78 is 5.26. The first-order chi connectivity index (χ1) is 7.29. The van der Waals surface area contributed by atoms with Gasteiger partial charge in [-0.2, -0.15) is 0 Å². The van der Waals surface area contributed by atoms with Crippen molar-refractivity contribution in [2.45, 2.75) is 0 Å². The van der Waals surface area contributed by atoms with Crippen LogP contribution in [0.2, 0.25) is 0 Å². The molecular formula is C11H15ClN2O2. The van der Waals surface area contributed by atoms with Crippen molar-refractivity contribution in [1.82, 2.24) is 0 Å². The first-order valence-corrected chi connectivity index (χ1v) is 5.00. The van der Waals surface area contributed by atoms with Crippen LogP contribution in [0, 0.1) is 0 Å². The third-order valence-corrected chi connectivity index (χ3v) is 2.52. The normalized spacial score (nSPS) is 15.4. The largest absolute Gasteiger partial charge is 0.378 e. The highest BCUT2D eigenvalue weighted by Crippen LogP contribution is 2.20. The fraction of sp³-hybridized carbons (Fsp3) is 0.364. The first-order valence-electron chi connectivity index (χ1n) is 5.00. The number of carbonyl (C=O) groups is 1. The number of ether oxygens (including phenoxy) is 1. The molecule has 0 radical (unpaired) electrons. The molecule has 1 aliphatic heterocycles. The molecule has 1 aromatic carbocycles. The minimum absolute atomic E-state index is 0. The Morgan fingerprint density at radius 2 is 1.88 bits per heavy atom. The summed E-state index contributed by atoms with van der Waals surface area (Å²) in [6.45, 7) is 3.02. The SMILES string of the molecule is Cl.NC(=O)c1ccccc1N1CCOCC1. The highest BCUT2D eigenvalue weighted by atomic mass is 35.5. The van der Waals surface area contributed by atoms with Crippen molar-refractivity contribution >= 4 is 24.0 Å². The van der Waals surface area contributed by atoms with E-state index in [1.165, 1.54) is 0 Å². The summed E-state index contributed by atoms with van der Waals surface area (Å²) in [6, 6.07) is 7.42. The maximum atomic E-state index is 11.2. The lowest BCUT2D eigenvalue weighted by atomic mass is 10.1. The number of para-hydroxylation sites is 1. The van der Waals surface area contributed by atoms with E-state index >= 15 is 0 Å². The van der Waals surface area contributed by atoms with Gasteiger partial charge >= 0.3 is 0 Å². The van der Waals surface area contributed by atoms with E-state index in [0.717, 1.165) is 18.8 Å². The highest BCUT2D eigenvalue weighted by Gasteiger charge is 2.16. The lowest BCUT2D eigenvalue weighted by Crippen LogP contribution is -2.37. The molecule has 1 amide bonds. The maximum Gasteiger partial charge on any atom is 0.250 e. The molecule has 0 bridgehead atoms. The second-order valence-corrected chi connectivity index (χ2v) is 3.48. The minimum Gasteiger partial charge on any atom is -0.378 e. The quantitative estimate of drug-likeness (QED) is 0.843. The molecule has 0 atom stereocenters. The Morgan fingerprint density at radius 3 is 2.50 bits per heavy atom. The van der Waals surface area contributed by atoms with Crippen LogP contribution in [0.15, 0.2) is 24.3 Å². The van der Waals surface area contributed by atoms with Crippen LogP contribution in [0.1, 0.15) is 10.4 Å². The lowest BCUT2D eigenvalue weighted by Gasteiger charge is -2.29. The van der Waals surface area contributed by atoms with Crippen LogP contribution in [0.4, 0.5) is 5.69 Å². The van der Waals surface area contributed by atoms with Crippen LogP contribution in [0.25, 0.3) is 0 Å². The van der Waals surface area contributed by atoms with Gasteiger partial charge in [0.25, 0.3) is 5.91 Å². The number of hydrogen-bond acceptors (Lipinski definition) is 3. The van der Waals surface area contributed by atoms with Gasteiger partial charge in [0.1, 0.15) is 0 Å². The lowest BCUT2D eigenvalue weighted by molar-refractivity contribution is 0.0998. The predicted octanol–water partition coefficient (Wildman–Crippen LogP) is 1.04. The topological polar surface area (TPSA) is 55.6 Å². The third kappa shape index (κ3) is 2.65. The monoisotopic (exact) mass is 242 g/mol. The molecule has 2 rings (SSSR count). The number of nitrogens with zero attached hydrogens (tertiary/aromatic N) is 1. The molecule has 1 heterocycles. The van der Waals surface area contributed by atoms with E-state index in [2.05, 4.69) is 4.90 Å². The van der Waals surface area contributed by atoms with Gasteiger partial charge in [0.2, 0.25) is 0 Å². The molecule has 0 aromatic heterocycles. The predicted molar refractivity (Wildman–Crippen MR) is 65.2 cm³/mol. The van der Waals surface area contributed by atoms with E-state index in [-0.39, 0.29) is 18.3 Å². The third-order valence-electron chi connectivity index (χ3n) is 2.52. The fourth-order valence-corrected chi connectivity index (χ4v) is 1.76. The van der Waals surface area contributed by atoms with E-state index in [9.17, 15) is 4.79 Å². The summed E-state index contributed by atoms with van der Waals surface area (Å²) in [5.41, 5.74) is 6.82. The summed E-state index contributed by atoms with van der Waals surface area (Å²) in [7, 11) is 0. The van der Waals surface area contributed by atoms with E-state index in [4.69, 9.17) is 10.5 Å². The van der Waals surface area contributed by atoms with Crippen molar-refractivity contribution in [2.24, 2.45) is 5.73 Å². The molecule has 1 fully saturated rings. The van der Waals surface area contributed by atoms with Gasteiger partial charge in [-0.1, -0.05) is 12.1 Å². The molecule has 1 aliphatic rings. The number of hydrogen-bond donors (Lipinski definition) is 1. The second kappa shape index (κ2) is 5.72. The van der Waals surface area contributed by atoms with E-state index < -0.39 is 0 Å². The Kier molecular flexibility index (Phi) is 4.58. The van der Waals surface area contributed by atoms with Gasteiger partial charge in [0.05, 0.1) is 18.8 Å². The Balaban J connectivity index is 0.00000128. The molecule has 1 saturated heterocycles. The van der Waals surface area contributed by atoms with Crippen LogP contribution in [-0.4, -0.2) is 32.2 Å². The summed E-state index contributed by atoms with van der Waals surface area (Å²) in [5.74, 6) is -0.378. The number of benzene rings is 1. The molecule has 1 aromatic rings. The molecule has 0 saturated carbocycles. The van der Waals surface area contributed by atoms with Crippen molar-refractivity contribution in [3.63, 3.8) is 0 Å². The first kappa shape index (κ1) is 12.8. The van der Waals surface area contributed by atoms with Crippen LogP contribution in [0.3, 0.4) is 0 Å². The standard InChI is InChI=1S/C11H14N2O2.ClH/c12-11(14)9-3-1-2-4-10(9)13-5-7-15-8-6-13;/h1-4H,5-8H2,(H2,12,14);1H. The highest BCUT2D eigenvalue weighted by molar-refractivity contribution is 5.98. The van der Waals surface area contributed by atoms with Crippen molar-refractivity contribution in [2.75, 3.05) is 31.2 Å². The van der Waals surface area contributed by atoms with E-state index in [1.807, 2.05) is 18.2 Å². The van der Waals surface area contributed by atoms with Crippen molar-refractivity contribution < 1.29 is 9.53 Å². The molecule has 0 unspecified atom stereocenters. The Bertz CT molecular complexity index is 365. The van der Waals surface area contributed by atoms with Gasteiger partial charge < -0.3 is 15.4 Å². The van der Waals surface area contributed by atoms with Crippen LogP contribution >= 0.6 is 12.4 Å². The van der Waals surface area contributed by atoms with Crippen LogP contribution in [-0.2, 0) is 4.74 Å². The van der Waals surface area contributed by atoms with Crippen LogP contribution in [0.5, 0.6) is 0 Å². The van der Waals surface area contributed by atoms with E-state index in [1.54, 1.807) is 6.07 Å². The van der Waals surface area contributed by atoms with Crippen molar-refractivity contribution in [3.8, 4) is 0 Å². The number of carbonyl (C=O) groups excluding carboxylic acids is 1. The number of anilines is 1. The zero-order valence-electron chi connectivity index (χ0n) is 8.89. The second-order valence-electron chi connectivity index (χ2n) is 3.48. The van der Waals surface area contributed by atoms with E-state index in [0.29, 0.717) is 18.8 Å². The molecule has 0 aliphatic carbocycles. The molecular weight excluding hydrogens is 228 g/mol. The fourth-order valence-electron chi connectivity index (χ4n) is 1.76. The van der Waals surface area contributed by atoms with Gasteiger partial charge in [-0.3, -0.25) is 4.79 Å². The summed E-state index contributed by atoms with van der Waals surface area (Å²) >= 11 is 0. The van der Waals surface area contributed by atoms with Gasteiger partial charge in [0, 0.05) is 18.8 Å². The molecule has 0 spiro atoms. The molecule has 88 valence electrons. The van der Waals surface area contributed by atoms with Gasteiger partial charge in [-0.15, -0.1) is 12.4 Å². The number of morpholine rings is 1. The van der Waals surface area contributed by atoms with Gasteiger partial charge in [0.15, 0.2) is 0 Å². The average molecular weight is 243 g/mol. The molecule has 2 N–H and O–H groups in total. The maximum absolute atomic E-state index is 11.2.